The molecule has 0 aliphatic carbocycles. The zero-order valence-corrected chi connectivity index (χ0v) is 13.3. The van der Waals surface area contributed by atoms with E-state index >= 15 is 0 Å². The molecule has 2 aromatic carbocycles. The van der Waals surface area contributed by atoms with Crippen molar-refractivity contribution in [2.24, 2.45) is 5.73 Å². The first-order valence-electron chi connectivity index (χ1n) is 5.65. The van der Waals surface area contributed by atoms with E-state index < -0.39 is 5.82 Å². The molecule has 0 aromatic heterocycles. The zero-order valence-electron chi connectivity index (χ0n) is 10.2. The maximum absolute atomic E-state index is 13.7. The molecular weight excluding hydrogens is 377 g/mol. The molecule has 0 bridgehead atoms. The molecule has 2 nitrogen and oxygen atoms in total. The van der Waals surface area contributed by atoms with Crippen LogP contribution in [0.5, 0.6) is 11.5 Å². The van der Waals surface area contributed by atoms with Crippen LogP contribution in [0.3, 0.4) is 0 Å². The molecule has 19 heavy (non-hydrogen) atoms. The lowest BCUT2D eigenvalue weighted by Gasteiger charge is -2.11. The van der Waals surface area contributed by atoms with Crippen molar-refractivity contribution < 1.29 is 9.13 Å². The van der Waals surface area contributed by atoms with Gasteiger partial charge in [0.2, 0.25) is 0 Å². The summed E-state index contributed by atoms with van der Waals surface area (Å²) in [4.78, 5) is 0. The van der Waals surface area contributed by atoms with Crippen LogP contribution in [0.4, 0.5) is 4.39 Å². The van der Waals surface area contributed by atoms with Gasteiger partial charge in [-0.1, -0.05) is 22.0 Å². The van der Waals surface area contributed by atoms with Crippen LogP contribution in [0.25, 0.3) is 0 Å². The fourth-order valence-corrected chi connectivity index (χ4v) is 2.37. The normalized spacial score (nSPS) is 12.3. The molecule has 0 saturated carbocycles. The third-order valence-corrected chi connectivity index (χ3v) is 3.71. The van der Waals surface area contributed by atoms with E-state index in [9.17, 15) is 4.39 Å². The number of ether oxygens (including phenoxy) is 1. The predicted molar refractivity (Wildman–Crippen MR) is 80.9 cm³/mol. The maximum atomic E-state index is 13.7. The highest BCUT2D eigenvalue weighted by atomic mass is 79.9. The standard InChI is InChI=1S/C14H12Br2FNO/c1-8(18)9-2-4-13(11(16)6-9)19-14-5-3-10(15)7-12(14)17/h2-8H,18H2,1H3. The molecule has 0 amide bonds. The molecule has 2 aromatic rings. The lowest BCUT2D eigenvalue weighted by Crippen LogP contribution is -2.04. The number of benzene rings is 2. The predicted octanol–water partition coefficient (Wildman–Crippen LogP) is 5.16. The van der Waals surface area contributed by atoms with Crippen LogP contribution in [0.2, 0.25) is 0 Å². The Balaban J connectivity index is 2.28. The summed E-state index contributed by atoms with van der Waals surface area (Å²) in [5, 5.41) is 0. The second-order valence-electron chi connectivity index (χ2n) is 4.16. The van der Waals surface area contributed by atoms with Crippen molar-refractivity contribution in [3.63, 3.8) is 0 Å². The highest BCUT2D eigenvalue weighted by molar-refractivity contribution is 9.10. The highest BCUT2D eigenvalue weighted by Crippen LogP contribution is 2.33. The molecular formula is C14H12Br2FNO. The van der Waals surface area contributed by atoms with E-state index in [1.165, 1.54) is 6.07 Å². The Morgan fingerprint density at radius 3 is 2.37 bits per heavy atom. The van der Waals surface area contributed by atoms with Crippen molar-refractivity contribution in [1.82, 2.24) is 0 Å². The minimum absolute atomic E-state index is 0.0604. The molecule has 0 heterocycles. The van der Waals surface area contributed by atoms with Crippen molar-refractivity contribution in [1.29, 1.82) is 0 Å². The summed E-state index contributed by atoms with van der Waals surface area (Å²) < 4.78 is 20.6. The van der Waals surface area contributed by atoms with Gasteiger partial charge in [0.05, 0.1) is 4.47 Å². The second-order valence-corrected chi connectivity index (χ2v) is 5.93. The molecule has 2 N–H and O–H groups in total. The van der Waals surface area contributed by atoms with Crippen molar-refractivity contribution in [2.75, 3.05) is 0 Å². The number of hydrogen-bond donors (Lipinski definition) is 1. The quantitative estimate of drug-likeness (QED) is 0.787. The minimum Gasteiger partial charge on any atom is -0.453 e. The largest absolute Gasteiger partial charge is 0.453 e. The summed E-state index contributed by atoms with van der Waals surface area (Å²) >= 11 is 6.60. The van der Waals surface area contributed by atoms with Crippen LogP contribution in [0, 0.1) is 5.82 Å². The van der Waals surface area contributed by atoms with Crippen LogP contribution < -0.4 is 10.5 Å². The molecule has 1 atom stereocenters. The Morgan fingerprint density at radius 2 is 1.79 bits per heavy atom. The topological polar surface area (TPSA) is 35.2 Å². The second kappa shape index (κ2) is 6.03. The number of rotatable bonds is 3. The third-order valence-electron chi connectivity index (χ3n) is 2.60. The monoisotopic (exact) mass is 387 g/mol. The summed E-state index contributed by atoms with van der Waals surface area (Å²) in [6.07, 6.45) is 0. The molecule has 0 radical (unpaired) electrons. The van der Waals surface area contributed by atoms with Crippen molar-refractivity contribution >= 4 is 31.9 Å². The van der Waals surface area contributed by atoms with E-state index in [0.717, 1.165) is 10.0 Å². The fourth-order valence-electron chi connectivity index (χ4n) is 1.56. The summed E-state index contributed by atoms with van der Waals surface area (Å²) in [6.45, 7) is 1.90. The summed E-state index contributed by atoms with van der Waals surface area (Å²) in [7, 11) is 0. The Bertz CT molecular complexity index is 602. The average Bonchev–Trinajstić information content (AvgIpc) is 2.34. The van der Waals surface area contributed by atoms with Gasteiger partial charge in [0, 0.05) is 10.5 Å². The van der Waals surface area contributed by atoms with Crippen LogP contribution >= 0.6 is 31.9 Å². The van der Waals surface area contributed by atoms with E-state index in [0.29, 0.717) is 10.2 Å². The van der Waals surface area contributed by atoms with Crippen LogP contribution in [0.15, 0.2) is 45.3 Å². The molecule has 0 spiro atoms. The molecule has 0 aliphatic rings. The van der Waals surface area contributed by atoms with Gasteiger partial charge in [-0.15, -0.1) is 0 Å². The Hall–Kier alpha value is -0.910. The Morgan fingerprint density at radius 1 is 1.11 bits per heavy atom. The van der Waals surface area contributed by atoms with Crippen molar-refractivity contribution in [3.05, 3.63) is 56.7 Å². The average molecular weight is 389 g/mol. The molecule has 0 aliphatic heterocycles. The van der Waals surface area contributed by atoms with Gasteiger partial charge in [0.1, 0.15) is 5.75 Å². The fraction of sp³-hybridized carbons (Fsp3) is 0.143. The lowest BCUT2D eigenvalue weighted by atomic mass is 10.1. The SMILES string of the molecule is CC(N)c1ccc(Oc2ccc(Br)cc2F)c(Br)c1. The number of hydrogen-bond acceptors (Lipinski definition) is 2. The zero-order chi connectivity index (χ0) is 14.0. The first-order chi connectivity index (χ1) is 8.97. The Labute approximate surface area is 128 Å². The van der Waals surface area contributed by atoms with Gasteiger partial charge in [-0.2, -0.15) is 0 Å². The van der Waals surface area contributed by atoms with Crippen molar-refractivity contribution in [3.8, 4) is 11.5 Å². The molecule has 0 saturated heterocycles. The molecule has 0 fully saturated rings. The summed E-state index contributed by atoms with van der Waals surface area (Å²) in [6, 6.07) is 10.1. The molecule has 5 heteroatoms. The first kappa shape index (κ1) is 14.5. The smallest absolute Gasteiger partial charge is 0.166 e. The highest BCUT2D eigenvalue weighted by Gasteiger charge is 2.09. The summed E-state index contributed by atoms with van der Waals surface area (Å²) in [5.74, 6) is 0.306. The maximum Gasteiger partial charge on any atom is 0.166 e. The minimum atomic E-state index is -0.419. The van der Waals surface area contributed by atoms with E-state index in [1.807, 2.05) is 19.1 Å². The first-order valence-corrected chi connectivity index (χ1v) is 7.24. The van der Waals surface area contributed by atoms with Crippen LogP contribution in [0.1, 0.15) is 18.5 Å². The van der Waals surface area contributed by atoms with E-state index in [1.54, 1.807) is 18.2 Å². The third kappa shape index (κ3) is 3.55. The molecule has 1 unspecified atom stereocenters. The summed E-state index contributed by atoms with van der Waals surface area (Å²) in [5.41, 5.74) is 6.78. The van der Waals surface area contributed by atoms with E-state index in [4.69, 9.17) is 10.5 Å². The van der Waals surface area contributed by atoms with Gasteiger partial charge >= 0.3 is 0 Å². The Kier molecular flexibility index (Phi) is 4.60. The molecule has 100 valence electrons. The van der Waals surface area contributed by atoms with Gasteiger partial charge in [-0.3, -0.25) is 0 Å². The van der Waals surface area contributed by atoms with Crippen molar-refractivity contribution in [2.45, 2.75) is 13.0 Å². The molecule has 2 rings (SSSR count). The van der Waals surface area contributed by atoms with Gasteiger partial charge in [0.25, 0.3) is 0 Å². The van der Waals surface area contributed by atoms with Crippen LogP contribution in [-0.2, 0) is 0 Å². The number of halogens is 3. The van der Waals surface area contributed by atoms with Gasteiger partial charge in [-0.25, -0.2) is 4.39 Å². The van der Waals surface area contributed by atoms with E-state index in [2.05, 4.69) is 31.9 Å². The van der Waals surface area contributed by atoms with Gasteiger partial charge in [0.15, 0.2) is 11.6 Å². The van der Waals surface area contributed by atoms with E-state index in [-0.39, 0.29) is 11.8 Å². The van der Waals surface area contributed by atoms with Gasteiger partial charge < -0.3 is 10.5 Å². The lowest BCUT2D eigenvalue weighted by molar-refractivity contribution is 0.439. The number of nitrogens with two attached hydrogens (primary N) is 1. The van der Waals surface area contributed by atoms with Crippen LogP contribution in [-0.4, -0.2) is 0 Å². The van der Waals surface area contributed by atoms with Gasteiger partial charge in [-0.05, 0) is 58.7 Å².